The summed E-state index contributed by atoms with van der Waals surface area (Å²) in [6.07, 6.45) is 11.1. The maximum Gasteiger partial charge on any atom is 0.289 e. The average Bonchev–Trinajstić information content (AvgIpc) is 3.46. The van der Waals surface area contributed by atoms with Crippen LogP contribution < -0.4 is 21.3 Å². The van der Waals surface area contributed by atoms with E-state index in [1.54, 1.807) is 7.05 Å². The van der Waals surface area contributed by atoms with Crippen molar-refractivity contribution in [3.63, 3.8) is 0 Å². The van der Waals surface area contributed by atoms with Crippen LogP contribution in [0.4, 0.5) is 0 Å². The monoisotopic (exact) mass is 627 g/mol. The molecule has 45 heavy (non-hydrogen) atoms. The van der Waals surface area contributed by atoms with Crippen LogP contribution in [-0.2, 0) is 28.8 Å². The Hall–Kier alpha value is -2.98. The second-order valence-corrected chi connectivity index (χ2v) is 15.8. The lowest BCUT2D eigenvalue weighted by atomic mass is 9.43. The number of carbonyl (C=O) groups is 6. The largest absolute Gasteiger partial charge is 0.356 e. The number of piperidine rings is 1. The van der Waals surface area contributed by atoms with E-state index in [1.165, 1.54) is 4.90 Å². The SMILES string of the molecule is CN(C(=O)[C@H](NC(=O)C(C)(C)C)C1CCCC1)[C@@H](CC12CC(C1)C2)C(=O)N[C@@H](C[C@@H]1CCCNC1=O)C(=O)C(=O)NC1CCC1. The van der Waals surface area contributed by atoms with Crippen LogP contribution in [0.1, 0.15) is 111 Å². The zero-order valence-corrected chi connectivity index (χ0v) is 27.5. The van der Waals surface area contributed by atoms with E-state index in [4.69, 9.17) is 0 Å². The number of amides is 5. The summed E-state index contributed by atoms with van der Waals surface area (Å²) in [5, 5.41) is 11.5. The van der Waals surface area contributed by atoms with Gasteiger partial charge in [0.2, 0.25) is 29.4 Å². The van der Waals surface area contributed by atoms with Crippen LogP contribution in [0.5, 0.6) is 0 Å². The molecule has 2 bridgehead atoms. The van der Waals surface area contributed by atoms with Crippen molar-refractivity contribution in [1.82, 2.24) is 26.2 Å². The Morgan fingerprint density at radius 3 is 2.13 bits per heavy atom. The fourth-order valence-corrected chi connectivity index (χ4v) is 7.94. The van der Waals surface area contributed by atoms with E-state index >= 15 is 0 Å². The molecule has 0 unspecified atom stereocenters. The molecule has 0 radical (unpaired) electrons. The first-order valence-electron chi connectivity index (χ1n) is 17.3. The molecule has 6 aliphatic rings. The Bertz CT molecular complexity index is 1170. The molecule has 0 aromatic rings. The van der Waals surface area contributed by atoms with Gasteiger partial charge in [-0.3, -0.25) is 28.8 Å². The van der Waals surface area contributed by atoms with Crippen molar-refractivity contribution in [2.24, 2.45) is 28.6 Å². The number of rotatable bonds is 13. The first-order valence-corrected chi connectivity index (χ1v) is 17.3. The highest BCUT2D eigenvalue weighted by atomic mass is 16.2. The Labute approximate surface area is 267 Å². The third-order valence-corrected chi connectivity index (χ3v) is 11.2. The third kappa shape index (κ3) is 7.54. The van der Waals surface area contributed by atoms with Crippen LogP contribution in [0.2, 0.25) is 0 Å². The van der Waals surface area contributed by atoms with Crippen LogP contribution >= 0.6 is 0 Å². The molecule has 1 heterocycles. The molecule has 11 nitrogen and oxygen atoms in total. The van der Waals surface area contributed by atoms with Crippen molar-refractivity contribution < 1.29 is 28.8 Å². The van der Waals surface area contributed by atoms with Gasteiger partial charge in [-0.05, 0) is 94.3 Å². The predicted molar refractivity (Wildman–Crippen MR) is 167 cm³/mol. The lowest BCUT2D eigenvalue weighted by Crippen LogP contribution is -2.62. The minimum Gasteiger partial charge on any atom is -0.356 e. The standard InChI is InChI=1S/C34H53N5O6/c1-33(2,3)32(45)38-26(21-9-5-6-10-21)31(44)39(4)25(19-34-16-20(17-34)18-34)29(42)37-24(15-22-11-8-14-35-28(22)41)27(40)30(43)36-23-12-7-13-23/h20-26H,5-19H2,1-4H3,(H,35,41)(H,36,43)(H,37,42)(H,38,45)/t20?,22-,24-,25-,26+,34?/m0/s1. The first kappa shape index (κ1) is 33.4. The molecule has 1 saturated heterocycles. The lowest BCUT2D eigenvalue weighted by molar-refractivity contribution is -0.155. The summed E-state index contributed by atoms with van der Waals surface area (Å²) in [4.78, 5) is 82.2. The molecule has 6 fully saturated rings. The molecule has 11 heteroatoms. The Morgan fingerprint density at radius 1 is 0.933 bits per heavy atom. The number of carbonyl (C=O) groups excluding carboxylic acids is 6. The smallest absolute Gasteiger partial charge is 0.289 e. The van der Waals surface area contributed by atoms with E-state index in [0.717, 1.165) is 70.6 Å². The van der Waals surface area contributed by atoms with Crippen molar-refractivity contribution in [2.45, 2.75) is 135 Å². The van der Waals surface area contributed by atoms with E-state index in [1.807, 2.05) is 20.8 Å². The maximum atomic E-state index is 14.2. The van der Waals surface area contributed by atoms with Crippen LogP contribution in [0, 0.1) is 28.6 Å². The molecule has 4 N–H and O–H groups in total. The summed E-state index contributed by atoms with van der Waals surface area (Å²) in [6, 6.07) is -2.85. The summed E-state index contributed by atoms with van der Waals surface area (Å²) in [6.45, 7) is 6.00. The van der Waals surface area contributed by atoms with E-state index in [-0.39, 0.29) is 41.5 Å². The molecule has 5 saturated carbocycles. The molecule has 6 rings (SSSR count). The highest BCUT2D eigenvalue weighted by Crippen LogP contribution is 2.66. The van der Waals surface area contributed by atoms with Gasteiger partial charge in [-0.25, -0.2) is 0 Å². The van der Waals surface area contributed by atoms with Crippen LogP contribution in [-0.4, -0.2) is 78.0 Å². The first-order chi connectivity index (χ1) is 21.3. The summed E-state index contributed by atoms with van der Waals surface area (Å²) in [7, 11) is 1.62. The lowest BCUT2D eigenvalue weighted by Gasteiger charge is -2.63. The summed E-state index contributed by atoms with van der Waals surface area (Å²) >= 11 is 0. The molecule has 250 valence electrons. The number of likely N-dealkylation sites (N-methyl/N-ethyl adjacent to an activating group) is 1. The van der Waals surface area contributed by atoms with E-state index in [2.05, 4.69) is 21.3 Å². The number of ketones is 1. The quantitative estimate of drug-likeness (QED) is 0.230. The maximum absolute atomic E-state index is 14.2. The van der Waals surface area contributed by atoms with Gasteiger partial charge in [-0.15, -0.1) is 0 Å². The Morgan fingerprint density at radius 2 is 1.60 bits per heavy atom. The van der Waals surface area contributed by atoms with Crippen molar-refractivity contribution in [3.8, 4) is 0 Å². The molecule has 5 aliphatic carbocycles. The van der Waals surface area contributed by atoms with Crippen LogP contribution in [0.25, 0.3) is 0 Å². The molecule has 0 aromatic heterocycles. The zero-order valence-electron chi connectivity index (χ0n) is 27.5. The molecule has 1 aliphatic heterocycles. The Balaban J connectivity index is 1.36. The minimum absolute atomic E-state index is 0.0108. The zero-order chi connectivity index (χ0) is 32.5. The van der Waals surface area contributed by atoms with Crippen molar-refractivity contribution in [3.05, 3.63) is 0 Å². The Kier molecular flexibility index (Phi) is 9.94. The molecular weight excluding hydrogens is 574 g/mol. The van der Waals surface area contributed by atoms with Crippen molar-refractivity contribution in [1.29, 1.82) is 0 Å². The van der Waals surface area contributed by atoms with Gasteiger partial charge in [0, 0.05) is 31.0 Å². The average molecular weight is 628 g/mol. The number of hydrogen-bond donors (Lipinski definition) is 4. The molecule has 0 aromatic carbocycles. The normalized spacial score (nSPS) is 28.2. The topological polar surface area (TPSA) is 154 Å². The summed E-state index contributed by atoms with van der Waals surface area (Å²) in [5.74, 6) is -2.53. The van der Waals surface area contributed by atoms with Gasteiger partial charge < -0.3 is 26.2 Å². The van der Waals surface area contributed by atoms with E-state index in [0.29, 0.717) is 25.3 Å². The molecule has 0 spiro atoms. The number of Topliss-reactive ketones (excluding diaryl/α,β-unsaturated/α-hetero) is 1. The van der Waals surface area contributed by atoms with Gasteiger partial charge >= 0.3 is 0 Å². The molecular formula is C34H53N5O6. The van der Waals surface area contributed by atoms with Gasteiger partial charge in [0.15, 0.2) is 0 Å². The minimum atomic E-state index is -1.18. The summed E-state index contributed by atoms with van der Waals surface area (Å²) in [5.41, 5.74) is -0.694. The highest BCUT2D eigenvalue weighted by molar-refractivity contribution is 6.38. The van der Waals surface area contributed by atoms with Gasteiger partial charge in [-0.2, -0.15) is 0 Å². The predicted octanol–water partition coefficient (Wildman–Crippen LogP) is 2.36. The second kappa shape index (κ2) is 13.4. The van der Waals surface area contributed by atoms with E-state index in [9.17, 15) is 28.8 Å². The second-order valence-electron chi connectivity index (χ2n) is 15.8. The van der Waals surface area contributed by atoms with Crippen LogP contribution in [0.3, 0.4) is 0 Å². The number of nitrogens with zero attached hydrogens (tertiary/aromatic N) is 1. The summed E-state index contributed by atoms with van der Waals surface area (Å²) < 4.78 is 0. The van der Waals surface area contributed by atoms with Crippen LogP contribution in [0.15, 0.2) is 0 Å². The highest BCUT2D eigenvalue weighted by Gasteiger charge is 2.58. The van der Waals surface area contributed by atoms with E-state index < -0.39 is 47.1 Å². The fourth-order valence-electron chi connectivity index (χ4n) is 7.94. The number of nitrogens with one attached hydrogen (secondary N) is 4. The molecule has 5 amide bonds. The fraction of sp³-hybridized carbons (Fsp3) is 0.824. The van der Waals surface area contributed by atoms with Gasteiger partial charge in [-0.1, -0.05) is 33.6 Å². The molecule has 4 atom stereocenters. The van der Waals surface area contributed by atoms with Gasteiger partial charge in [0.1, 0.15) is 12.1 Å². The third-order valence-electron chi connectivity index (χ3n) is 11.2. The number of hydrogen-bond acceptors (Lipinski definition) is 6. The van der Waals surface area contributed by atoms with Gasteiger partial charge in [0.25, 0.3) is 5.91 Å². The van der Waals surface area contributed by atoms with Crippen molar-refractivity contribution >= 4 is 35.3 Å². The van der Waals surface area contributed by atoms with Crippen molar-refractivity contribution in [2.75, 3.05) is 13.6 Å². The van der Waals surface area contributed by atoms with Gasteiger partial charge in [0.05, 0.1) is 6.04 Å².